The predicted molar refractivity (Wildman–Crippen MR) is 37.9 cm³/mol. The SMILES string of the molecule is CCC[C@H](C)CBr. The molecule has 0 unspecified atom stereocenters. The Morgan fingerprint density at radius 3 is 2.29 bits per heavy atom. The Labute approximate surface area is 54.4 Å². The van der Waals surface area contributed by atoms with Gasteiger partial charge in [0.25, 0.3) is 0 Å². The van der Waals surface area contributed by atoms with Gasteiger partial charge >= 0.3 is 0 Å². The lowest BCUT2D eigenvalue weighted by Crippen LogP contribution is -1.92. The van der Waals surface area contributed by atoms with Gasteiger partial charge in [-0.25, -0.2) is 0 Å². The van der Waals surface area contributed by atoms with Crippen molar-refractivity contribution in [3.8, 4) is 0 Å². The Hall–Kier alpha value is 0.480. The van der Waals surface area contributed by atoms with Crippen LogP contribution in [0.25, 0.3) is 0 Å². The molecule has 0 radical (unpaired) electrons. The van der Waals surface area contributed by atoms with Crippen LogP contribution in [-0.4, -0.2) is 5.33 Å². The first-order chi connectivity index (χ1) is 3.31. The number of hydrogen-bond acceptors (Lipinski definition) is 0. The van der Waals surface area contributed by atoms with E-state index in [4.69, 9.17) is 0 Å². The number of halogens is 1. The molecular weight excluding hydrogens is 152 g/mol. The van der Waals surface area contributed by atoms with E-state index in [9.17, 15) is 0 Å². The van der Waals surface area contributed by atoms with Gasteiger partial charge in [-0.2, -0.15) is 0 Å². The standard InChI is InChI=1S/C6H13Br/c1-3-4-6(2)5-7/h6H,3-5H2,1-2H3/t6-/m0/s1. The highest BCUT2D eigenvalue weighted by Gasteiger charge is 1.93. The van der Waals surface area contributed by atoms with Gasteiger partial charge in [-0.15, -0.1) is 0 Å². The molecule has 0 saturated carbocycles. The van der Waals surface area contributed by atoms with Gasteiger partial charge < -0.3 is 0 Å². The lowest BCUT2D eigenvalue weighted by atomic mass is 10.1. The van der Waals surface area contributed by atoms with Crippen LogP contribution < -0.4 is 0 Å². The molecule has 0 aliphatic rings. The van der Waals surface area contributed by atoms with Crippen LogP contribution in [0.5, 0.6) is 0 Å². The number of hydrogen-bond donors (Lipinski definition) is 0. The largest absolute Gasteiger partial charge is 0.0925 e. The summed E-state index contributed by atoms with van der Waals surface area (Å²) >= 11 is 3.42. The summed E-state index contributed by atoms with van der Waals surface area (Å²) in [6.07, 6.45) is 2.66. The van der Waals surface area contributed by atoms with Crippen molar-refractivity contribution in [2.45, 2.75) is 26.7 Å². The fraction of sp³-hybridized carbons (Fsp3) is 1.00. The zero-order chi connectivity index (χ0) is 5.70. The van der Waals surface area contributed by atoms with E-state index in [0.29, 0.717) is 0 Å². The molecule has 0 heterocycles. The maximum Gasteiger partial charge on any atom is 0.00570 e. The molecule has 44 valence electrons. The topological polar surface area (TPSA) is 0 Å². The van der Waals surface area contributed by atoms with Gasteiger partial charge in [-0.1, -0.05) is 42.6 Å². The van der Waals surface area contributed by atoms with Gasteiger partial charge in [0.2, 0.25) is 0 Å². The predicted octanol–water partition coefficient (Wildman–Crippen LogP) is 2.82. The van der Waals surface area contributed by atoms with Crippen LogP contribution in [0.1, 0.15) is 26.7 Å². The van der Waals surface area contributed by atoms with Gasteiger partial charge in [-0.3, -0.25) is 0 Å². The minimum absolute atomic E-state index is 0.866. The van der Waals surface area contributed by atoms with Crippen molar-refractivity contribution >= 4 is 15.9 Å². The molecule has 0 aliphatic carbocycles. The first kappa shape index (κ1) is 7.48. The van der Waals surface area contributed by atoms with Crippen LogP contribution >= 0.6 is 15.9 Å². The Kier molecular flexibility index (Phi) is 4.95. The van der Waals surface area contributed by atoms with Crippen LogP contribution in [0, 0.1) is 5.92 Å². The summed E-state index contributed by atoms with van der Waals surface area (Å²) in [5, 5.41) is 1.15. The highest BCUT2D eigenvalue weighted by atomic mass is 79.9. The van der Waals surface area contributed by atoms with Gasteiger partial charge in [-0.05, 0) is 5.92 Å². The molecular formula is C6H13Br. The maximum atomic E-state index is 3.42. The average Bonchev–Trinajstić information content (AvgIpc) is 1.68. The average molecular weight is 165 g/mol. The molecule has 0 rings (SSSR count). The van der Waals surface area contributed by atoms with Crippen LogP contribution in [-0.2, 0) is 0 Å². The first-order valence-electron chi connectivity index (χ1n) is 2.87. The molecule has 0 aliphatic heterocycles. The Morgan fingerprint density at radius 1 is 1.57 bits per heavy atom. The Bertz CT molecular complexity index is 35.2. The molecule has 0 aromatic rings. The van der Waals surface area contributed by atoms with Crippen molar-refractivity contribution in [3.63, 3.8) is 0 Å². The third-order valence-electron chi connectivity index (χ3n) is 1.04. The maximum absolute atomic E-state index is 3.42. The van der Waals surface area contributed by atoms with Crippen molar-refractivity contribution in [2.75, 3.05) is 5.33 Å². The van der Waals surface area contributed by atoms with Crippen LogP contribution in [0.3, 0.4) is 0 Å². The molecule has 1 atom stereocenters. The molecule has 0 aromatic carbocycles. The third-order valence-corrected chi connectivity index (χ3v) is 2.15. The molecule has 0 saturated heterocycles. The first-order valence-corrected chi connectivity index (χ1v) is 3.99. The third kappa shape index (κ3) is 4.33. The minimum Gasteiger partial charge on any atom is -0.0925 e. The van der Waals surface area contributed by atoms with Gasteiger partial charge in [0.15, 0.2) is 0 Å². The second-order valence-electron chi connectivity index (χ2n) is 2.05. The number of alkyl halides is 1. The molecule has 0 fully saturated rings. The smallest absolute Gasteiger partial charge is 0.00570 e. The lowest BCUT2D eigenvalue weighted by molar-refractivity contribution is 0.588. The van der Waals surface area contributed by atoms with Crippen molar-refractivity contribution < 1.29 is 0 Å². The Balaban J connectivity index is 2.83. The van der Waals surface area contributed by atoms with Gasteiger partial charge in [0, 0.05) is 5.33 Å². The highest BCUT2D eigenvalue weighted by Crippen LogP contribution is 2.06. The van der Waals surface area contributed by atoms with Crippen LogP contribution in [0.4, 0.5) is 0 Å². The molecule has 0 amide bonds. The minimum atomic E-state index is 0.866. The van der Waals surface area contributed by atoms with Crippen molar-refractivity contribution in [3.05, 3.63) is 0 Å². The lowest BCUT2D eigenvalue weighted by Gasteiger charge is -2.01. The fourth-order valence-electron chi connectivity index (χ4n) is 0.570. The van der Waals surface area contributed by atoms with E-state index in [1.807, 2.05) is 0 Å². The second-order valence-corrected chi connectivity index (χ2v) is 2.70. The van der Waals surface area contributed by atoms with Crippen molar-refractivity contribution in [2.24, 2.45) is 5.92 Å². The Morgan fingerprint density at radius 2 is 2.14 bits per heavy atom. The fourth-order valence-corrected chi connectivity index (χ4v) is 0.894. The molecule has 0 aromatic heterocycles. The quantitative estimate of drug-likeness (QED) is 0.564. The molecule has 0 nitrogen and oxygen atoms in total. The summed E-state index contributed by atoms with van der Waals surface area (Å²) < 4.78 is 0. The summed E-state index contributed by atoms with van der Waals surface area (Å²) in [6.45, 7) is 4.48. The van der Waals surface area contributed by atoms with E-state index in [1.165, 1.54) is 12.8 Å². The summed E-state index contributed by atoms with van der Waals surface area (Å²) in [5.74, 6) is 0.866. The molecule has 1 heteroatoms. The summed E-state index contributed by atoms with van der Waals surface area (Å²) in [4.78, 5) is 0. The van der Waals surface area contributed by atoms with Gasteiger partial charge in [0.1, 0.15) is 0 Å². The van der Waals surface area contributed by atoms with Crippen molar-refractivity contribution in [1.29, 1.82) is 0 Å². The van der Waals surface area contributed by atoms with Crippen molar-refractivity contribution in [1.82, 2.24) is 0 Å². The monoisotopic (exact) mass is 164 g/mol. The zero-order valence-corrected chi connectivity index (χ0v) is 6.66. The number of rotatable bonds is 3. The van der Waals surface area contributed by atoms with Crippen LogP contribution in [0.15, 0.2) is 0 Å². The van der Waals surface area contributed by atoms with E-state index >= 15 is 0 Å². The van der Waals surface area contributed by atoms with E-state index in [2.05, 4.69) is 29.8 Å². The van der Waals surface area contributed by atoms with E-state index in [-0.39, 0.29) is 0 Å². The molecule has 0 N–H and O–H groups in total. The molecule has 0 bridgehead atoms. The summed E-state index contributed by atoms with van der Waals surface area (Å²) in [5.41, 5.74) is 0. The van der Waals surface area contributed by atoms with E-state index in [1.54, 1.807) is 0 Å². The van der Waals surface area contributed by atoms with E-state index < -0.39 is 0 Å². The van der Waals surface area contributed by atoms with Gasteiger partial charge in [0.05, 0.1) is 0 Å². The summed E-state index contributed by atoms with van der Waals surface area (Å²) in [7, 11) is 0. The van der Waals surface area contributed by atoms with Crippen LogP contribution in [0.2, 0.25) is 0 Å². The second kappa shape index (κ2) is 4.63. The normalized spacial score (nSPS) is 14.1. The summed E-state index contributed by atoms with van der Waals surface area (Å²) in [6, 6.07) is 0. The molecule has 0 spiro atoms. The molecule has 7 heavy (non-hydrogen) atoms. The zero-order valence-electron chi connectivity index (χ0n) is 5.08. The highest BCUT2D eigenvalue weighted by molar-refractivity contribution is 9.09. The van der Waals surface area contributed by atoms with E-state index in [0.717, 1.165) is 11.2 Å².